The van der Waals surface area contributed by atoms with E-state index in [-0.39, 0.29) is 0 Å². The standard InChI is InChI=1S/C13H19NO/c1-11-4-6-12(7-5-11)9-15-10-13-3-2-8-14-13/h4-7,13-14H,2-3,8-10H2,1H3/t13-/m0/s1. The highest BCUT2D eigenvalue weighted by Gasteiger charge is 2.13. The molecule has 0 spiro atoms. The number of hydrogen-bond acceptors (Lipinski definition) is 2. The minimum absolute atomic E-state index is 0.579. The molecule has 0 bridgehead atoms. The molecule has 82 valence electrons. The average molecular weight is 205 g/mol. The molecule has 1 saturated heterocycles. The Bertz CT molecular complexity index is 288. The molecular weight excluding hydrogens is 186 g/mol. The third-order valence-electron chi connectivity index (χ3n) is 2.87. The molecule has 1 N–H and O–H groups in total. The molecule has 2 heteroatoms. The van der Waals surface area contributed by atoms with E-state index in [0.29, 0.717) is 6.04 Å². The van der Waals surface area contributed by atoms with E-state index in [1.807, 2.05) is 0 Å². The van der Waals surface area contributed by atoms with Crippen molar-refractivity contribution in [1.29, 1.82) is 0 Å². The van der Waals surface area contributed by atoms with E-state index < -0.39 is 0 Å². The van der Waals surface area contributed by atoms with E-state index in [0.717, 1.165) is 19.8 Å². The van der Waals surface area contributed by atoms with Gasteiger partial charge in [0.1, 0.15) is 0 Å². The van der Waals surface area contributed by atoms with Gasteiger partial charge < -0.3 is 10.1 Å². The smallest absolute Gasteiger partial charge is 0.0717 e. The highest BCUT2D eigenvalue weighted by Crippen LogP contribution is 2.08. The molecule has 1 atom stereocenters. The van der Waals surface area contributed by atoms with E-state index in [1.165, 1.54) is 24.0 Å². The second kappa shape index (κ2) is 5.29. The maximum atomic E-state index is 5.68. The van der Waals surface area contributed by atoms with Crippen LogP contribution in [0.5, 0.6) is 0 Å². The van der Waals surface area contributed by atoms with Gasteiger partial charge in [-0.1, -0.05) is 29.8 Å². The minimum Gasteiger partial charge on any atom is -0.375 e. The summed E-state index contributed by atoms with van der Waals surface area (Å²) in [6, 6.07) is 9.11. The third-order valence-corrected chi connectivity index (χ3v) is 2.87. The van der Waals surface area contributed by atoms with Crippen molar-refractivity contribution in [1.82, 2.24) is 5.32 Å². The molecule has 0 saturated carbocycles. The monoisotopic (exact) mass is 205 g/mol. The molecule has 0 radical (unpaired) electrons. The summed E-state index contributed by atoms with van der Waals surface area (Å²) < 4.78 is 5.68. The molecule has 1 heterocycles. The Balaban J connectivity index is 1.71. The van der Waals surface area contributed by atoms with Crippen molar-refractivity contribution >= 4 is 0 Å². The Morgan fingerprint density at radius 3 is 2.80 bits per heavy atom. The summed E-state index contributed by atoms with van der Waals surface area (Å²) in [6.45, 7) is 4.83. The first kappa shape index (κ1) is 10.7. The topological polar surface area (TPSA) is 21.3 Å². The average Bonchev–Trinajstić information content (AvgIpc) is 2.74. The first-order valence-corrected chi connectivity index (χ1v) is 5.71. The van der Waals surface area contributed by atoms with Crippen LogP contribution in [0.1, 0.15) is 24.0 Å². The molecule has 0 aromatic heterocycles. The molecule has 0 unspecified atom stereocenters. The normalized spacial score (nSPS) is 20.7. The quantitative estimate of drug-likeness (QED) is 0.814. The number of rotatable bonds is 4. The van der Waals surface area contributed by atoms with Crippen LogP contribution in [0.2, 0.25) is 0 Å². The molecule has 1 aliphatic rings. The first-order chi connectivity index (χ1) is 7.34. The minimum atomic E-state index is 0.579. The van der Waals surface area contributed by atoms with Gasteiger partial charge in [-0.3, -0.25) is 0 Å². The molecular formula is C13H19NO. The number of ether oxygens (including phenoxy) is 1. The van der Waals surface area contributed by atoms with E-state index in [9.17, 15) is 0 Å². The number of benzene rings is 1. The van der Waals surface area contributed by atoms with Crippen LogP contribution >= 0.6 is 0 Å². The van der Waals surface area contributed by atoms with Crippen LogP contribution in [0.4, 0.5) is 0 Å². The molecule has 2 nitrogen and oxygen atoms in total. The Morgan fingerprint density at radius 1 is 1.33 bits per heavy atom. The fraction of sp³-hybridized carbons (Fsp3) is 0.538. The van der Waals surface area contributed by atoms with Gasteiger partial charge in [-0.25, -0.2) is 0 Å². The number of hydrogen-bond donors (Lipinski definition) is 1. The van der Waals surface area contributed by atoms with Gasteiger partial charge in [-0.05, 0) is 31.9 Å². The SMILES string of the molecule is Cc1ccc(COC[C@@H]2CCCN2)cc1. The summed E-state index contributed by atoms with van der Waals surface area (Å²) in [7, 11) is 0. The van der Waals surface area contributed by atoms with Crippen molar-refractivity contribution < 1.29 is 4.74 Å². The Morgan fingerprint density at radius 2 is 2.13 bits per heavy atom. The van der Waals surface area contributed by atoms with Crippen molar-refractivity contribution in [3.05, 3.63) is 35.4 Å². The lowest BCUT2D eigenvalue weighted by Crippen LogP contribution is -2.26. The molecule has 1 aliphatic heterocycles. The maximum absolute atomic E-state index is 5.68. The van der Waals surface area contributed by atoms with E-state index in [2.05, 4.69) is 36.5 Å². The van der Waals surface area contributed by atoms with Crippen LogP contribution < -0.4 is 5.32 Å². The summed E-state index contributed by atoms with van der Waals surface area (Å²) in [5.41, 5.74) is 2.56. The lowest BCUT2D eigenvalue weighted by Gasteiger charge is -2.10. The van der Waals surface area contributed by atoms with E-state index in [1.54, 1.807) is 0 Å². The van der Waals surface area contributed by atoms with Gasteiger partial charge in [-0.15, -0.1) is 0 Å². The van der Waals surface area contributed by atoms with Crippen LogP contribution in [-0.4, -0.2) is 19.2 Å². The Kier molecular flexibility index (Phi) is 3.75. The van der Waals surface area contributed by atoms with Crippen molar-refractivity contribution in [2.45, 2.75) is 32.4 Å². The predicted octanol–water partition coefficient (Wildman–Crippen LogP) is 2.26. The zero-order chi connectivity index (χ0) is 10.5. The fourth-order valence-electron chi connectivity index (χ4n) is 1.90. The molecule has 1 fully saturated rings. The van der Waals surface area contributed by atoms with Crippen LogP contribution in [0.15, 0.2) is 24.3 Å². The predicted molar refractivity (Wildman–Crippen MR) is 61.9 cm³/mol. The van der Waals surface area contributed by atoms with Crippen LogP contribution in [-0.2, 0) is 11.3 Å². The van der Waals surface area contributed by atoms with Gasteiger partial charge in [0, 0.05) is 6.04 Å². The van der Waals surface area contributed by atoms with Gasteiger partial charge in [-0.2, -0.15) is 0 Å². The summed E-state index contributed by atoms with van der Waals surface area (Å²) in [4.78, 5) is 0. The highest BCUT2D eigenvalue weighted by atomic mass is 16.5. The van der Waals surface area contributed by atoms with Crippen molar-refractivity contribution in [2.24, 2.45) is 0 Å². The molecule has 1 aromatic rings. The number of nitrogens with one attached hydrogen (secondary N) is 1. The largest absolute Gasteiger partial charge is 0.375 e. The van der Waals surface area contributed by atoms with Crippen LogP contribution in [0.25, 0.3) is 0 Å². The maximum Gasteiger partial charge on any atom is 0.0717 e. The first-order valence-electron chi connectivity index (χ1n) is 5.71. The molecule has 0 amide bonds. The van der Waals surface area contributed by atoms with Crippen molar-refractivity contribution in [3.8, 4) is 0 Å². The van der Waals surface area contributed by atoms with Gasteiger partial charge in [0.25, 0.3) is 0 Å². The number of aryl methyl sites for hydroxylation is 1. The van der Waals surface area contributed by atoms with E-state index in [4.69, 9.17) is 4.74 Å². The Hall–Kier alpha value is -0.860. The molecule has 15 heavy (non-hydrogen) atoms. The summed E-state index contributed by atoms with van der Waals surface area (Å²) >= 11 is 0. The second-order valence-corrected chi connectivity index (χ2v) is 4.29. The summed E-state index contributed by atoms with van der Waals surface area (Å²) in [6.07, 6.45) is 2.55. The summed E-state index contributed by atoms with van der Waals surface area (Å²) in [5, 5.41) is 3.43. The van der Waals surface area contributed by atoms with Gasteiger partial charge in [0.2, 0.25) is 0 Å². The zero-order valence-corrected chi connectivity index (χ0v) is 9.33. The van der Waals surface area contributed by atoms with Crippen LogP contribution in [0.3, 0.4) is 0 Å². The fourth-order valence-corrected chi connectivity index (χ4v) is 1.90. The Labute approximate surface area is 91.6 Å². The van der Waals surface area contributed by atoms with E-state index >= 15 is 0 Å². The molecule has 1 aromatic carbocycles. The van der Waals surface area contributed by atoms with Crippen molar-refractivity contribution in [3.63, 3.8) is 0 Å². The third kappa shape index (κ3) is 3.33. The summed E-state index contributed by atoms with van der Waals surface area (Å²) in [5.74, 6) is 0. The lowest BCUT2D eigenvalue weighted by molar-refractivity contribution is 0.103. The second-order valence-electron chi connectivity index (χ2n) is 4.29. The zero-order valence-electron chi connectivity index (χ0n) is 9.33. The van der Waals surface area contributed by atoms with Gasteiger partial charge >= 0.3 is 0 Å². The van der Waals surface area contributed by atoms with Crippen LogP contribution in [0, 0.1) is 6.92 Å². The van der Waals surface area contributed by atoms with Gasteiger partial charge in [0.05, 0.1) is 13.2 Å². The van der Waals surface area contributed by atoms with Gasteiger partial charge in [0.15, 0.2) is 0 Å². The van der Waals surface area contributed by atoms with Crippen molar-refractivity contribution in [2.75, 3.05) is 13.2 Å². The highest BCUT2D eigenvalue weighted by molar-refractivity contribution is 5.20. The lowest BCUT2D eigenvalue weighted by atomic mass is 10.2. The molecule has 0 aliphatic carbocycles. The molecule has 2 rings (SSSR count).